The zero-order chi connectivity index (χ0) is 10.8. The van der Waals surface area contributed by atoms with Crippen LogP contribution in [0.2, 0.25) is 0 Å². The zero-order valence-electron chi connectivity index (χ0n) is 8.03. The van der Waals surface area contributed by atoms with Crippen LogP contribution in [0.5, 0.6) is 0 Å². The molecule has 0 saturated heterocycles. The molecule has 0 unspecified atom stereocenters. The highest BCUT2D eigenvalue weighted by atomic mass is 15.2. The summed E-state index contributed by atoms with van der Waals surface area (Å²) in [5, 5.41) is 0. The lowest BCUT2D eigenvalue weighted by Gasteiger charge is -2.19. The fourth-order valence-electron chi connectivity index (χ4n) is 0.840. The summed E-state index contributed by atoms with van der Waals surface area (Å²) in [6.07, 6.45) is 20.7. The molecule has 0 rings (SSSR count). The summed E-state index contributed by atoms with van der Waals surface area (Å²) in [7, 11) is 0. The molecule has 0 bridgehead atoms. The van der Waals surface area contributed by atoms with Gasteiger partial charge in [0.05, 0.1) is 13.1 Å². The van der Waals surface area contributed by atoms with E-state index in [0.29, 0.717) is 26.2 Å². The Bertz CT molecular complexity index is 282. The number of hydrogen-bond acceptors (Lipinski definition) is 2. The molecule has 14 heavy (non-hydrogen) atoms. The Kier molecular flexibility index (Phi) is 6.33. The normalized spacial score (nSPS) is 7.43. The van der Waals surface area contributed by atoms with Crippen molar-refractivity contribution in [1.29, 1.82) is 0 Å². The van der Waals surface area contributed by atoms with Gasteiger partial charge in [-0.25, -0.2) is 0 Å². The van der Waals surface area contributed by atoms with Crippen LogP contribution in [0.1, 0.15) is 0 Å². The van der Waals surface area contributed by atoms with E-state index in [9.17, 15) is 0 Å². The van der Waals surface area contributed by atoms with Crippen molar-refractivity contribution in [2.45, 2.75) is 0 Å². The van der Waals surface area contributed by atoms with E-state index < -0.39 is 0 Å². The molecule has 0 heterocycles. The van der Waals surface area contributed by atoms with Gasteiger partial charge in [0.15, 0.2) is 0 Å². The second-order valence-electron chi connectivity index (χ2n) is 2.51. The van der Waals surface area contributed by atoms with Crippen molar-refractivity contribution in [2.75, 3.05) is 26.2 Å². The molecule has 0 aromatic rings. The van der Waals surface area contributed by atoms with Crippen LogP contribution in [0.25, 0.3) is 0 Å². The largest absolute Gasteiger partial charge is 0.319 e. The standard InChI is InChI=1S/C12H12N2/c1-5-9-13(7-3)11-12-14(8-4)10-6-2/h1-4H,9-12H2. The fraction of sp³-hybridized carbons (Fsp3) is 0.333. The number of hydrogen-bond donors (Lipinski definition) is 0. The second kappa shape index (κ2) is 7.49. The van der Waals surface area contributed by atoms with Gasteiger partial charge < -0.3 is 9.80 Å². The van der Waals surface area contributed by atoms with E-state index in [1.807, 2.05) is 0 Å². The zero-order valence-corrected chi connectivity index (χ0v) is 8.03. The molecule has 0 atom stereocenters. The Balaban J connectivity index is 3.93. The Morgan fingerprint density at radius 1 is 0.714 bits per heavy atom. The van der Waals surface area contributed by atoms with Crippen molar-refractivity contribution in [1.82, 2.24) is 9.80 Å². The van der Waals surface area contributed by atoms with Crippen LogP contribution in [0, 0.1) is 49.6 Å². The van der Waals surface area contributed by atoms with Crippen molar-refractivity contribution < 1.29 is 0 Å². The van der Waals surface area contributed by atoms with E-state index in [-0.39, 0.29) is 0 Å². The number of rotatable bonds is 5. The van der Waals surface area contributed by atoms with Gasteiger partial charge in [0.25, 0.3) is 0 Å². The summed E-state index contributed by atoms with van der Waals surface area (Å²) < 4.78 is 0. The summed E-state index contributed by atoms with van der Waals surface area (Å²) >= 11 is 0. The second-order valence-corrected chi connectivity index (χ2v) is 2.51. The molecular weight excluding hydrogens is 172 g/mol. The molecule has 0 amide bonds. The first-order chi connectivity index (χ1) is 6.78. The molecule has 0 aromatic heterocycles. The Morgan fingerprint density at radius 3 is 1.29 bits per heavy atom. The van der Waals surface area contributed by atoms with Crippen LogP contribution < -0.4 is 0 Å². The van der Waals surface area contributed by atoms with E-state index in [0.717, 1.165) is 0 Å². The molecule has 0 aliphatic carbocycles. The molecule has 70 valence electrons. The summed E-state index contributed by atoms with van der Waals surface area (Å²) in [5.41, 5.74) is 0. The van der Waals surface area contributed by atoms with Gasteiger partial charge in [-0.3, -0.25) is 0 Å². The smallest absolute Gasteiger partial charge is 0.0867 e. The maximum Gasteiger partial charge on any atom is 0.0867 e. The molecule has 0 aliphatic heterocycles. The van der Waals surface area contributed by atoms with Gasteiger partial charge in [0.2, 0.25) is 0 Å². The van der Waals surface area contributed by atoms with Crippen LogP contribution in [-0.2, 0) is 0 Å². The van der Waals surface area contributed by atoms with Gasteiger partial charge in [-0.15, -0.1) is 12.8 Å². The van der Waals surface area contributed by atoms with Gasteiger partial charge in [-0.2, -0.15) is 0 Å². The summed E-state index contributed by atoms with van der Waals surface area (Å²) in [5.74, 6) is 4.93. The van der Waals surface area contributed by atoms with Crippen molar-refractivity contribution in [3.63, 3.8) is 0 Å². The molecule has 0 N–H and O–H groups in total. The Morgan fingerprint density at radius 2 is 1.07 bits per heavy atom. The lowest BCUT2D eigenvalue weighted by molar-refractivity contribution is 0.358. The van der Waals surface area contributed by atoms with E-state index in [2.05, 4.69) is 23.9 Å². The van der Waals surface area contributed by atoms with Crippen molar-refractivity contribution in [3.05, 3.63) is 0 Å². The molecule has 0 aliphatic rings. The first-order valence-corrected chi connectivity index (χ1v) is 4.07. The maximum absolute atomic E-state index is 5.23. The highest BCUT2D eigenvalue weighted by Crippen LogP contribution is 1.88. The van der Waals surface area contributed by atoms with Crippen molar-refractivity contribution >= 4 is 0 Å². The van der Waals surface area contributed by atoms with Gasteiger partial charge in [-0.05, 0) is 0 Å². The third kappa shape index (κ3) is 4.66. The molecule has 0 saturated carbocycles. The van der Waals surface area contributed by atoms with Crippen LogP contribution in [0.3, 0.4) is 0 Å². The average Bonchev–Trinajstić information content (AvgIpc) is 2.22. The molecule has 0 spiro atoms. The predicted octanol–water partition coefficient (Wildman–Crippen LogP) is 0.0382. The molecule has 0 aromatic carbocycles. The van der Waals surface area contributed by atoms with Gasteiger partial charge in [0, 0.05) is 25.2 Å². The van der Waals surface area contributed by atoms with E-state index in [4.69, 9.17) is 25.7 Å². The number of terminal acetylenes is 4. The Hall–Kier alpha value is -2.16. The van der Waals surface area contributed by atoms with Gasteiger partial charge >= 0.3 is 0 Å². The molecule has 0 radical (unpaired) electrons. The minimum Gasteiger partial charge on any atom is -0.319 e. The minimum absolute atomic E-state index is 0.422. The summed E-state index contributed by atoms with van der Waals surface area (Å²) in [6.45, 7) is 2.08. The monoisotopic (exact) mass is 184 g/mol. The van der Waals surface area contributed by atoms with E-state index in [1.165, 1.54) is 0 Å². The van der Waals surface area contributed by atoms with Crippen LogP contribution in [-0.4, -0.2) is 36.0 Å². The van der Waals surface area contributed by atoms with Crippen LogP contribution in [0.4, 0.5) is 0 Å². The summed E-state index contributed by atoms with van der Waals surface area (Å²) in [4.78, 5) is 3.34. The van der Waals surface area contributed by atoms with Crippen LogP contribution >= 0.6 is 0 Å². The third-order valence-corrected chi connectivity index (χ3v) is 1.57. The Labute approximate surface area is 86.3 Å². The van der Waals surface area contributed by atoms with Crippen molar-refractivity contribution in [2.24, 2.45) is 0 Å². The lowest BCUT2D eigenvalue weighted by Crippen LogP contribution is -2.30. The first kappa shape index (κ1) is 11.8. The minimum atomic E-state index is 0.422. The molecular formula is C12H12N2. The molecule has 0 fully saturated rings. The SMILES string of the molecule is C#CCN(C#C)CCN(C#C)CC#C. The molecule has 2 nitrogen and oxygen atoms in total. The average molecular weight is 184 g/mol. The van der Waals surface area contributed by atoms with E-state index >= 15 is 0 Å². The predicted molar refractivity (Wildman–Crippen MR) is 58.5 cm³/mol. The highest BCUT2D eigenvalue weighted by molar-refractivity contribution is 4.99. The van der Waals surface area contributed by atoms with E-state index in [1.54, 1.807) is 9.80 Å². The maximum atomic E-state index is 5.23. The third-order valence-electron chi connectivity index (χ3n) is 1.57. The van der Waals surface area contributed by atoms with Gasteiger partial charge in [-0.1, -0.05) is 24.7 Å². The van der Waals surface area contributed by atoms with Gasteiger partial charge in [0.1, 0.15) is 0 Å². The van der Waals surface area contributed by atoms with Crippen LogP contribution in [0.15, 0.2) is 0 Å². The number of nitrogens with zero attached hydrogens (tertiary/aromatic N) is 2. The highest BCUT2D eigenvalue weighted by Gasteiger charge is 2.00. The fourth-order valence-corrected chi connectivity index (χ4v) is 0.840. The summed E-state index contributed by atoms with van der Waals surface area (Å²) in [6, 6.07) is 4.94. The first-order valence-electron chi connectivity index (χ1n) is 4.07. The topological polar surface area (TPSA) is 6.48 Å². The van der Waals surface area contributed by atoms with Crippen molar-refractivity contribution in [3.8, 4) is 49.6 Å². The quantitative estimate of drug-likeness (QED) is 0.439. The molecule has 2 heteroatoms. The lowest BCUT2D eigenvalue weighted by atomic mass is 10.4.